The molecule has 1 aliphatic heterocycles. The van der Waals surface area contributed by atoms with E-state index in [4.69, 9.17) is 10.5 Å². The number of carbonyl (C=O) groups is 1. The summed E-state index contributed by atoms with van der Waals surface area (Å²) in [6.07, 6.45) is 3.90. The van der Waals surface area contributed by atoms with Crippen molar-refractivity contribution in [2.45, 2.75) is 24.3 Å². The van der Waals surface area contributed by atoms with Gasteiger partial charge in [-0.3, -0.25) is 4.79 Å². The Morgan fingerprint density at radius 2 is 2.04 bits per heavy atom. The fraction of sp³-hybridized carbons (Fsp3) is 0.333. The zero-order chi connectivity index (χ0) is 19.4. The SMILES string of the molecule is COc1ccc(S(=O)(=O)NCc2cccnc2N2CCCC2)cc1C(N)=O. The minimum Gasteiger partial charge on any atom is -0.496 e. The standard InChI is InChI=1S/C18H22N4O4S/c1-26-16-7-6-14(11-15(16)17(19)23)27(24,25)21-12-13-5-4-8-20-18(13)22-9-2-3-10-22/h4-8,11,21H,2-3,9-10,12H2,1H3,(H2,19,23). The summed E-state index contributed by atoms with van der Waals surface area (Å²) in [5, 5.41) is 0. The number of rotatable bonds is 7. The van der Waals surface area contributed by atoms with Crippen molar-refractivity contribution in [2.24, 2.45) is 5.73 Å². The van der Waals surface area contributed by atoms with Crippen LogP contribution in [0, 0.1) is 0 Å². The van der Waals surface area contributed by atoms with Crippen LogP contribution in [-0.2, 0) is 16.6 Å². The van der Waals surface area contributed by atoms with Crippen LogP contribution in [0.5, 0.6) is 5.75 Å². The minimum atomic E-state index is -3.84. The third-order valence-corrected chi connectivity index (χ3v) is 5.87. The molecule has 1 amide bonds. The molecule has 0 radical (unpaired) electrons. The van der Waals surface area contributed by atoms with Crippen LogP contribution in [0.4, 0.5) is 5.82 Å². The van der Waals surface area contributed by atoms with Crippen LogP contribution in [0.25, 0.3) is 0 Å². The zero-order valence-corrected chi connectivity index (χ0v) is 15.8. The molecular formula is C18H22N4O4S. The molecule has 0 atom stereocenters. The molecule has 3 N–H and O–H groups in total. The van der Waals surface area contributed by atoms with E-state index in [1.165, 1.54) is 25.3 Å². The Kier molecular flexibility index (Phi) is 5.62. The molecule has 0 spiro atoms. The first kappa shape index (κ1) is 19.1. The fourth-order valence-electron chi connectivity index (χ4n) is 3.08. The molecule has 1 fully saturated rings. The molecule has 0 unspecified atom stereocenters. The van der Waals surface area contributed by atoms with Gasteiger partial charge < -0.3 is 15.4 Å². The summed E-state index contributed by atoms with van der Waals surface area (Å²) in [7, 11) is -2.45. The van der Waals surface area contributed by atoms with Gasteiger partial charge in [0.25, 0.3) is 5.91 Å². The molecule has 9 heteroatoms. The van der Waals surface area contributed by atoms with Crippen molar-refractivity contribution in [2.75, 3.05) is 25.1 Å². The Hall–Kier alpha value is -2.65. The van der Waals surface area contributed by atoms with Gasteiger partial charge in [0, 0.05) is 31.4 Å². The first-order valence-electron chi connectivity index (χ1n) is 8.59. The molecular weight excluding hydrogens is 368 g/mol. The monoisotopic (exact) mass is 390 g/mol. The van der Waals surface area contributed by atoms with Crippen LogP contribution in [0.15, 0.2) is 41.4 Å². The van der Waals surface area contributed by atoms with E-state index in [1.807, 2.05) is 6.07 Å². The van der Waals surface area contributed by atoms with Crippen LogP contribution in [0.3, 0.4) is 0 Å². The average Bonchev–Trinajstić information content (AvgIpc) is 3.20. The van der Waals surface area contributed by atoms with Gasteiger partial charge in [0.2, 0.25) is 10.0 Å². The summed E-state index contributed by atoms with van der Waals surface area (Å²) in [5.74, 6) is 0.266. The van der Waals surface area contributed by atoms with E-state index in [-0.39, 0.29) is 22.8 Å². The molecule has 2 heterocycles. The molecule has 8 nitrogen and oxygen atoms in total. The summed E-state index contributed by atoms with van der Waals surface area (Å²) >= 11 is 0. The summed E-state index contributed by atoms with van der Waals surface area (Å²) < 4.78 is 33.0. The van der Waals surface area contributed by atoms with E-state index in [0.29, 0.717) is 0 Å². The molecule has 3 rings (SSSR count). The number of ether oxygens (including phenoxy) is 1. The van der Waals surface area contributed by atoms with Crippen LogP contribution in [0.2, 0.25) is 0 Å². The first-order chi connectivity index (χ1) is 12.9. The Morgan fingerprint density at radius 3 is 2.70 bits per heavy atom. The summed E-state index contributed by atoms with van der Waals surface area (Å²) in [4.78, 5) is 18.1. The Balaban J connectivity index is 1.82. The largest absolute Gasteiger partial charge is 0.496 e. The van der Waals surface area contributed by atoms with Crippen LogP contribution >= 0.6 is 0 Å². The van der Waals surface area contributed by atoms with Gasteiger partial charge in [-0.1, -0.05) is 6.07 Å². The van der Waals surface area contributed by atoms with Gasteiger partial charge in [-0.2, -0.15) is 0 Å². The number of carbonyl (C=O) groups excluding carboxylic acids is 1. The lowest BCUT2D eigenvalue weighted by Gasteiger charge is -2.20. The van der Waals surface area contributed by atoms with Gasteiger partial charge in [-0.25, -0.2) is 18.1 Å². The Bertz CT molecular complexity index is 940. The first-order valence-corrected chi connectivity index (χ1v) is 10.1. The highest BCUT2D eigenvalue weighted by Crippen LogP contribution is 2.24. The van der Waals surface area contributed by atoms with E-state index < -0.39 is 15.9 Å². The molecule has 2 aromatic rings. The van der Waals surface area contributed by atoms with E-state index >= 15 is 0 Å². The highest BCUT2D eigenvalue weighted by molar-refractivity contribution is 7.89. The maximum atomic E-state index is 12.7. The maximum absolute atomic E-state index is 12.7. The highest BCUT2D eigenvalue weighted by Gasteiger charge is 2.21. The lowest BCUT2D eigenvalue weighted by molar-refractivity contribution is 0.0997. The van der Waals surface area contributed by atoms with Crippen LogP contribution in [-0.4, -0.2) is 39.5 Å². The number of benzene rings is 1. The molecule has 1 aromatic heterocycles. The van der Waals surface area contributed by atoms with Crippen molar-refractivity contribution in [3.05, 3.63) is 47.7 Å². The lowest BCUT2D eigenvalue weighted by Crippen LogP contribution is -2.26. The fourth-order valence-corrected chi connectivity index (χ4v) is 4.12. The Labute approximate surface area is 158 Å². The second-order valence-electron chi connectivity index (χ2n) is 6.23. The number of hydrogen-bond acceptors (Lipinski definition) is 6. The smallest absolute Gasteiger partial charge is 0.252 e. The molecule has 1 aliphatic rings. The number of methoxy groups -OCH3 is 1. The van der Waals surface area contributed by atoms with Gasteiger partial charge >= 0.3 is 0 Å². The van der Waals surface area contributed by atoms with Gasteiger partial charge in [-0.15, -0.1) is 0 Å². The topological polar surface area (TPSA) is 115 Å². The third-order valence-electron chi connectivity index (χ3n) is 4.47. The predicted octanol–water partition coefficient (Wildman–Crippen LogP) is 1.27. The second-order valence-corrected chi connectivity index (χ2v) is 8.00. The van der Waals surface area contributed by atoms with Crippen molar-refractivity contribution in [1.29, 1.82) is 0 Å². The molecule has 27 heavy (non-hydrogen) atoms. The van der Waals surface area contributed by atoms with Crippen molar-refractivity contribution in [1.82, 2.24) is 9.71 Å². The van der Waals surface area contributed by atoms with Gasteiger partial charge in [0.15, 0.2) is 0 Å². The number of primary amides is 1. The summed E-state index contributed by atoms with van der Waals surface area (Å²) in [5.41, 5.74) is 6.12. The van der Waals surface area contributed by atoms with Gasteiger partial charge in [0.05, 0.1) is 17.6 Å². The van der Waals surface area contributed by atoms with Crippen molar-refractivity contribution in [3.8, 4) is 5.75 Å². The van der Waals surface area contributed by atoms with Crippen molar-refractivity contribution >= 4 is 21.7 Å². The normalized spacial score (nSPS) is 14.3. The number of nitrogens with zero attached hydrogens (tertiary/aromatic N) is 2. The van der Waals surface area contributed by atoms with E-state index in [9.17, 15) is 13.2 Å². The van der Waals surface area contributed by atoms with Crippen molar-refractivity contribution < 1.29 is 17.9 Å². The summed E-state index contributed by atoms with van der Waals surface area (Å²) in [6, 6.07) is 7.63. The van der Waals surface area contributed by atoms with E-state index in [0.717, 1.165) is 37.3 Å². The third kappa shape index (κ3) is 4.20. The molecule has 0 saturated carbocycles. The molecule has 1 aromatic carbocycles. The van der Waals surface area contributed by atoms with E-state index in [1.54, 1.807) is 12.3 Å². The number of pyridine rings is 1. The molecule has 0 aliphatic carbocycles. The molecule has 0 bridgehead atoms. The lowest BCUT2D eigenvalue weighted by atomic mass is 10.2. The number of anilines is 1. The van der Waals surface area contributed by atoms with E-state index in [2.05, 4.69) is 14.6 Å². The number of aromatic nitrogens is 1. The van der Waals surface area contributed by atoms with Gasteiger partial charge in [0.1, 0.15) is 11.6 Å². The number of nitrogens with one attached hydrogen (secondary N) is 1. The summed E-state index contributed by atoms with van der Waals surface area (Å²) in [6.45, 7) is 1.92. The molecule has 144 valence electrons. The number of hydrogen-bond donors (Lipinski definition) is 2. The number of sulfonamides is 1. The zero-order valence-electron chi connectivity index (χ0n) is 15.0. The van der Waals surface area contributed by atoms with Crippen LogP contribution in [0.1, 0.15) is 28.8 Å². The minimum absolute atomic E-state index is 0.0134. The van der Waals surface area contributed by atoms with Crippen molar-refractivity contribution in [3.63, 3.8) is 0 Å². The van der Waals surface area contributed by atoms with Gasteiger partial charge in [-0.05, 0) is 37.1 Å². The van der Waals surface area contributed by atoms with Crippen LogP contribution < -0.4 is 20.1 Å². The molecule has 1 saturated heterocycles. The number of amides is 1. The predicted molar refractivity (Wildman–Crippen MR) is 101 cm³/mol. The quantitative estimate of drug-likeness (QED) is 0.736. The average molecular weight is 390 g/mol. The Morgan fingerprint density at radius 1 is 1.30 bits per heavy atom. The second kappa shape index (κ2) is 7.93. The maximum Gasteiger partial charge on any atom is 0.252 e. The highest BCUT2D eigenvalue weighted by atomic mass is 32.2. The number of nitrogens with two attached hydrogens (primary N) is 1.